The monoisotopic (exact) mass is 350 g/mol. The molecule has 3 rings (SSSR count). The zero-order chi connectivity index (χ0) is 16.4. The van der Waals surface area contributed by atoms with Gasteiger partial charge in [0.1, 0.15) is 11.5 Å². The Kier molecular flexibility index (Phi) is 5.91. The molecule has 0 spiro atoms. The molecule has 0 saturated carbocycles. The molecule has 1 saturated heterocycles. The molecule has 1 aromatic carbocycles. The highest BCUT2D eigenvalue weighted by Crippen LogP contribution is 2.31. The van der Waals surface area contributed by atoms with E-state index in [-0.39, 0.29) is 24.4 Å². The molecular formula is C18H23ClN2O3. The molecule has 6 heteroatoms. The van der Waals surface area contributed by atoms with Crippen molar-refractivity contribution in [2.45, 2.75) is 19.9 Å². The minimum atomic E-state index is -0.0720. The average molecular weight is 351 g/mol. The van der Waals surface area contributed by atoms with E-state index in [0.29, 0.717) is 18.8 Å². The van der Waals surface area contributed by atoms with Crippen LogP contribution in [0.5, 0.6) is 5.75 Å². The van der Waals surface area contributed by atoms with E-state index in [0.717, 1.165) is 29.2 Å². The Morgan fingerprint density at radius 1 is 1.33 bits per heavy atom. The van der Waals surface area contributed by atoms with E-state index in [9.17, 15) is 4.79 Å². The summed E-state index contributed by atoms with van der Waals surface area (Å²) in [5, 5.41) is 3.36. The zero-order valence-corrected chi connectivity index (χ0v) is 15.0. The molecule has 0 aliphatic carbocycles. The van der Waals surface area contributed by atoms with Gasteiger partial charge in [0.2, 0.25) is 0 Å². The van der Waals surface area contributed by atoms with Crippen LogP contribution in [0.1, 0.15) is 33.5 Å². The fraction of sp³-hybridized carbons (Fsp3) is 0.389. The summed E-state index contributed by atoms with van der Waals surface area (Å²) in [6.45, 7) is 5.88. The number of piperazine rings is 1. The number of nitrogens with zero attached hydrogens (tertiary/aromatic N) is 1. The van der Waals surface area contributed by atoms with Crippen molar-refractivity contribution in [2.24, 2.45) is 0 Å². The van der Waals surface area contributed by atoms with Gasteiger partial charge in [0.05, 0.1) is 13.2 Å². The fourth-order valence-electron chi connectivity index (χ4n) is 3.15. The maximum atomic E-state index is 13.0. The summed E-state index contributed by atoms with van der Waals surface area (Å²) in [6, 6.07) is 9.67. The topological polar surface area (TPSA) is 54.7 Å². The summed E-state index contributed by atoms with van der Waals surface area (Å²) in [5.74, 6) is 1.93. The first-order chi connectivity index (χ1) is 11.1. The van der Waals surface area contributed by atoms with Gasteiger partial charge in [0.25, 0.3) is 5.91 Å². The van der Waals surface area contributed by atoms with E-state index in [1.165, 1.54) is 0 Å². The third-order valence-corrected chi connectivity index (χ3v) is 4.24. The van der Waals surface area contributed by atoms with E-state index < -0.39 is 0 Å². The minimum Gasteiger partial charge on any atom is -0.496 e. The van der Waals surface area contributed by atoms with Crippen LogP contribution in [0.2, 0.25) is 0 Å². The molecule has 0 radical (unpaired) electrons. The molecule has 2 aromatic rings. The Morgan fingerprint density at radius 2 is 2.08 bits per heavy atom. The molecule has 1 amide bonds. The molecule has 1 aliphatic rings. The maximum Gasteiger partial charge on any atom is 0.290 e. The number of furan rings is 1. The lowest BCUT2D eigenvalue weighted by molar-refractivity contribution is 0.0596. The number of benzene rings is 1. The van der Waals surface area contributed by atoms with Gasteiger partial charge in [0, 0.05) is 30.8 Å². The number of hydrogen-bond acceptors (Lipinski definition) is 4. The summed E-state index contributed by atoms with van der Waals surface area (Å²) in [4.78, 5) is 14.9. The van der Waals surface area contributed by atoms with Gasteiger partial charge in [-0.15, -0.1) is 12.4 Å². The third-order valence-electron chi connectivity index (χ3n) is 4.24. The lowest BCUT2D eigenvalue weighted by atomic mass is 10.0. The molecule has 130 valence electrons. The van der Waals surface area contributed by atoms with Gasteiger partial charge in [0.15, 0.2) is 5.76 Å². The van der Waals surface area contributed by atoms with Crippen LogP contribution < -0.4 is 10.1 Å². The summed E-state index contributed by atoms with van der Waals surface area (Å²) in [5.41, 5.74) is 1.89. The highest BCUT2D eigenvalue weighted by atomic mass is 35.5. The third kappa shape index (κ3) is 3.42. The zero-order valence-electron chi connectivity index (χ0n) is 14.2. The summed E-state index contributed by atoms with van der Waals surface area (Å²) < 4.78 is 11.1. The number of carbonyl (C=O) groups excluding carboxylic acids is 1. The van der Waals surface area contributed by atoms with E-state index >= 15 is 0 Å². The predicted molar refractivity (Wildman–Crippen MR) is 95.1 cm³/mol. The second-order valence-corrected chi connectivity index (χ2v) is 5.83. The Hall–Kier alpha value is -1.98. The SMILES string of the molecule is COc1ccccc1C1CNCCN1C(=O)c1oc(C)cc1C.Cl. The predicted octanol–water partition coefficient (Wildman–Crippen LogP) is 3.11. The van der Waals surface area contributed by atoms with E-state index in [4.69, 9.17) is 9.15 Å². The number of aryl methyl sites for hydroxylation is 2. The number of carbonyl (C=O) groups is 1. The van der Waals surface area contributed by atoms with Crippen LogP contribution in [0, 0.1) is 13.8 Å². The number of ether oxygens (including phenoxy) is 1. The van der Waals surface area contributed by atoms with Crippen LogP contribution in [0.3, 0.4) is 0 Å². The lowest BCUT2D eigenvalue weighted by Gasteiger charge is -2.36. The van der Waals surface area contributed by atoms with Crippen LogP contribution in [0.4, 0.5) is 0 Å². The van der Waals surface area contributed by atoms with Gasteiger partial charge in [-0.1, -0.05) is 18.2 Å². The number of para-hydroxylation sites is 1. The largest absolute Gasteiger partial charge is 0.496 e. The van der Waals surface area contributed by atoms with Crippen molar-refractivity contribution in [1.82, 2.24) is 10.2 Å². The van der Waals surface area contributed by atoms with Gasteiger partial charge < -0.3 is 19.4 Å². The second kappa shape index (κ2) is 7.73. The average Bonchev–Trinajstić information content (AvgIpc) is 2.92. The molecule has 24 heavy (non-hydrogen) atoms. The van der Waals surface area contributed by atoms with Crippen LogP contribution in [-0.2, 0) is 0 Å². The first-order valence-corrected chi connectivity index (χ1v) is 7.83. The summed E-state index contributed by atoms with van der Waals surface area (Å²) in [6.07, 6.45) is 0. The van der Waals surface area contributed by atoms with Crippen molar-refractivity contribution in [2.75, 3.05) is 26.7 Å². The smallest absolute Gasteiger partial charge is 0.290 e. The Labute approximate surface area is 148 Å². The second-order valence-electron chi connectivity index (χ2n) is 5.83. The fourth-order valence-corrected chi connectivity index (χ4v) is 3.15. The molecule has 0 bridgehead atoms. The molecule has 1 N–H and O–H groups in total. The van der Waals surface area contributed by atoms with E-state index in [1.54, 1.807) is 7.11 Å². The lowest BCUT2D eigenvalue weighted by Crippen LogP contribution is -2.48. The van der Waals surface area contributed by atoms with Crippen molar-refractivity contribution < 1.29 is 13.9 Å². The standard InChI is InChI=1S/C18H22N2O3.ClH/c1-12-10-13(2)23-17(12)18(21)20-9-8-19-11-15(20)14-6-4-5-7-16(14)22-3;/h4-7,10,15,19H,8-9,11H2,1-3H3;1H. The molecule has 1 unspecified atom stereocenters. The molecular weight excluding hydrogens is 328 g/mol. The summed E-state index contributed by atoms with van der Waals surface area (Å²) >= 11 is 0. The van der Waals surface area contributed by atoms with Gasteiger partial charge >= 0.3 is 0 Å². The molecule has 2 heterocycles. The first-order valence-electron chi connectivity index (χ1n) is 7.83. The minimum absolute atomic E-state index is 0. The van der Waals surface area contributed by atoms with E-state index in [1.807, 2.05) is 49.1 Å². The molecule has 1 aromatic heterocycles. The molecule has 5 nitrogen and oxygen atoms in total. The van der Waals surface area contributed by atoms with E-state index in [2.05, 4.69) is 5.32 Å². The molecule has 1 aliphatic heterocycles. The maximum absolute atomic E-state index is 13.0. The van der Waals surface area contributed by atoms with Crippen LogP contribution >= 0.6 is 12.4 Å². The number of halogens is 1. The highest BCUT2D eigenvalue weighted by molar-refractivity contribution is 5.93. The van der Waals surface area contributed by atoms with Gasteiger partial charge in [-0.2, -0.15) is 0 Å². The molecule has 1 atom stereocenters. The van der Waals surface area contributed by atoms with Crippen molar-refractivity contribution >= 4 is 18.3 Å². The molecule has 1 fully saturated rings. The summed E-state index contributed by atoms with van der Waals surface area (Å²) in [7, 11) is 1.65. The van der Waals surface area contributed by atoms with Crippen LogP contribution in [0.25, 0.3) is 0 Å². The number of methoxy groups -OCH3 is 1. The Bertz CT molecular complexity index is 714. The normalized spacial score (nSPS) is 17.3. The van der Waals surface area contributed by atoms with Crippen molar-refractivity contribution in [3.63, 3.8) is 0 Å². The van der Waals surface area contributed by atoms with Crippen molar-refractivity contribution in [1.29, 1.82) is 0 Å². The number of nitrogens with one attached hydrogen (secondary N) is 1. The van der Waals surface area contributed by atoms with Gasteiger partial charge in [-0.3, -0.25) is 4.79 Å². The number of amides is 1. The van der Waals surface area contributed by atoms with Crippen molar-refractivity contribution in [3.8, 4) is 5.75 Å². The van der Waals surface area contributed by atoms with Crippen LogP contribution in [0.15, 0.2) is 34.7 Å². The number of hydrogen-bond donors (Lipinski definition) is 1. The first kappa shape index (κ1) is 18.4. The van der Waals surface area contributed by atoms with Gasteiger partial charge in [-0.25, -0.2) is 0 Å². The quantitative estimate of drug-likeness (QED) is 0.924. The Morgan fingerprint density at radius 3 is 2.75 bits per heavy atom. The van der Waals surface area contributed by atoms with Crippen molar-refractivity contribution in [3.05, 3.63) is 53.0 Å². The van der Waals surface area contributed by atoms with Crippen LogP contribution in [-0.4, -0.2) is 37.6 Å². The highest BCUT2D eigenvalue weighted by Gasteiger charge is 2.32. The number of rotatable bonds is 3. The Balaban J connectivity index is 0.00000208. The van der Waals surface area contributed by atoms with Gasteiger partial charge in [-0.05, 0) is 26.0 Å².